The van der Waals surface area contributed by atoms with E-state index in [1.165, 1.54) is 6.92 Å². The van der Waals surface area contributed by atoms with Gasteiger partial charge in [-0.05, 0) is 44.7 Å². The summed E-state index contributed by atoms with van der Waals surface area (Å²) < 4.78 is 38.1. The molecule has 0 bridgehead atoms. The predicted octanol–water partition coefficient (Wildman–Crippen LogP) is 3.43. The molecule has 0 aromatic heterocycles. The highest BCUT2D eigenvalue weighted by Gasteiger charge is 2.31. The largest absolute Gasteiger partial charge is 0.483 e. The molecule has 0 heterocycles. The van der Waals surface area contributed by atoms with Gasteiger partial charge >= 0.3 is 5.97 Å². The molecule has 0 unspecified atom stereocenters. The van der Waals surface area contributed by atoms with E-state index >= 15 is 0 Å². The van der Waals surface area contributed by atoms with Crippen LogP contribution in [-0.4, -0.2) is 24.2 Å². The number of ether oxygens (including phenoxy) is 2. The summed E-state index contributed by atoms with van der Waals surface area (Å²) in [6.07, 6.45) is 0.265. The number of hydrogen-bond donors (Lipinski definition) is 1. The average Bonchev–Trinajstić information content (AvgIpc) is 2.50. The lowest BCUT2D eigenvalue weighted by molar-refractivity contribution is -0.155. The minimum absolute atomic E-state index is 0.0218. The van der Waals surface area contributed by atoms with Gasteiger partial charge in [-0.1, -0.05) is 13.8 Å². The number of carbonyl (C=O) groups excluding carboxylic acids is 1. The zero-order valence-electron chi connectivity index (χ0n) is 14.0. The van der Waals surface area contributed by atoms with E-state index in [0.29, 0.717) is 0 Å². The van der Waals surface area contributed by atoms with Crippen LogP contribution in [0.2, 0.25) is 0 Å². The van der Waals surface area contributed by atoms with Gasteiger partial charge in [-0.15, -0.1) is 0 Å². The van der Waals surface area contributed by atoms with E-state index in [1.807, 2.05) is 13.8 Å². The van der Waals surface area contributed by atoms with Crippen LogP contribution in [0.4, 0.5) is 8.78 Å². The van der Waals surface area contributed by atoms with Crippen LogP contribution in [0.1, 0.15) is 40.5 Å². The van der Waals surface area contributed by atoms with E-state index in [1.54, 1.807) is 6.92 Å². The van der Waals surface area contributed by atoms with Crippen molar-refractivity contribution in [3.05, 3.63) is 29.8 Å². The summed E-state index contributed by atoms with van der Waals surface area (Å²) in [6.45, 7) is 7.12. The highest BCUT2D eigenvalue weighted by Crippen LogP contribution is 2.27. The lowest BCUT2D eigenvalue weighted by Crippen LogP contribution is -2.42. The smallest absolute Gasteiger partial charge is 0.323 e. The zero-order chi connectivity index (χ0) is 17.6. The van der Waals surface area contributed by atoms with Crippen molar-refractivity contribution < 1.29 is 23.0 Å². The summed E-state index contributed by atoms with van der Waals surface area (Å²) in [7, 11) is 0. The Bertz CT molecular complexity index is 519. The lowest BCUT2D eigenvalue weighted by Gasteiger charge is -2.31. The van der Waals surface area contributed by atoms with Crippen LogP contribution in [0.5, 0.6) is 5.75 Å². The van der Waals surface area contributed by atoms with Gasteiger partial charge in [0, 0.05) is 6.07 Å². The molecule has 0 aliphatic heterocycles. The Balaban J connectivity index is 3.00. The van der Waals surface area contributed by atoms with Crippen molar-refractivity contribution in [2.45, 2.75) is 58.8 Å². The summed E-state index contributed by atoms with van der Waals surface area (Å²) in [6, 6.07) is 2.26. The van der Waals surface area contributed by atoms with Crippen molar-refractivity contribution >= 4 is 5.97 Å². The minimum atomic E-state index is -0.759. The van der Waals surface area contributed by atoms with Crippen LogP contribution in [0.3, 0.4) is 0 Å². The zero-order valence-corrected chi connectivity index (χ0v) is 14.0. The van der Waals surface area contributed by atoms with Gasteiger partial charge in [0.1, 0.15) is 24.1 Å². The highest BCUT2D eigenvalue weighted by atomic mass is 19.1. The molecule has 6 heteroatoms. The van der Waals surface area contributed by atoms with Gasteiger partial charge in [0.05, 0.1) is 0 Å². The summed E-state index contributed by atoms with van der Waals surface area (Å²) >= 11 is 0. The Morgan fingerprint density at radius 1 is 1.22 bits per heavy atom. The molecule has 0 spiro atoms. The van der Waals surface area contributed by atoms with E-state index in [2.05, 4.69) is 0 Å². The Morgan fingerprint density at radius 2 is 1.83 bits per heavy atom. The first-order valence-corrected chi connectivity index (χ1v) is 7.87. The van der Waals surface area contributed by atoms with Gasteiger partial charge in [-0.3, -0.25) is 4.79 Å². The minimum Gasteiger partial charge on any atom is -0.483 e. The third-order valence-electron chi connectivity index (χ3n) is 3.81. The first kappa shape index (κ1) is 19.4. The SMILES string of the molecule is CCC(CC)[C@H](Oc1cc(F)ccc1F)[C@H](C)OC(=O)[C@H](C)N. The fraction of sp³-hybridized carbons (Fsp3) is 0.588. The number of benzene rings is 1. The first-order chi connectivity index (χ1) is 10.8. The fourth-order valence-electron chi connectivity index (χ4n) is 2.40. The molecule has 0 saturated heterocycles. The van der Waals surface area contributed by atoms with Gasteiger partial charge in [-0.2, -0.15) is 0 Å². The molecule has 0 radical (unpaired) electrons. The lowest BCUT2D eigenvalue weighted by atomic mass is 9.93. The fourth-order valence-corrected chi connectivity index (χ4v) is 2.40. The van der Waals surface area contributed by atoms with Crippen molar-refractivity contribution in [3.8, 4) is 5.75 Å². The van der Waals surface area contributed by atoms with Crippen molar-refractivity contribution in [2.24, 2.45) is 11.7 Å². The first-order valence-electron chi connectivity index (χ1n) is 7.87. The quantitative estimate of drug-likeness (QED) is 0.742. The maximum Gasteiger partial charge on any atom is 0.323 e. The van der Waals surface area contributed by atoms with Gasteiger partial charge < -0.3 is 15.2 Å². The van der Waals surface area contributed by atoms with Crippen molar-refractivity contribution in [1.29, 1.82) is 0 Å². The number of halogens is 2. The molecule has 0 fully saturated rings. The molecule has 1 aromatic rings. The van der Waals surface area contributed by atoms with E-state index in [-0.39, 0.29) is 11.7 Å². The summed E-state index contributed by atoms with van der Waals surface area (Å²) in [5.74, 6) is -1.98. The number of nitrogens with two attached hydrogens (primary N) is 1. The molecule has 4 nitrogen and oxygen atoms in total. The molecular formula is C17H25F2NO3. The molecule has 1 aromatic carbocycles. The van der Waals surface area contributed by atoms with Crippen molar-refractivity contribution in [3.63, 3.8) is 0 Å². The Kier molecular flexibility index (Phi) is 7.42. The molecule has 0 aliphatic carbocycles. The Hall–Kier alpha value is -1.69. The van der Waals surface area contributed by atoms with Gasteiger partial charge in [0.2, 0.25) is 0 Å². The molecule has 1 rings (SSSR count). The monoisotopic (exact) mass is 329 g/mol. The van der Waals surface area contributed by atoms with E-state index < -0.39 is 35.9 Å². The Morgan fingerprint density at radius 3 is 2.35 bits per heavy atom. The maximum absolute atomic E-state index is 13.8. The van der Waals surface area contributed by atoms with Crippen LogP contribution in [-0.2, 0) is 9.53 Å². The molecule has 130 valence electrons. The van der Waals surface area contributed by atoms with Crippen LogP contribution in [0.15, 0.2) is 18.2 Å². The second-order valence-electron chi connectivity index (χ2n) is 5.66. The third-order valence-corrected chi connectivity index (χ3v) is 3.81. The van der Waals surface area contributed by atoms with Crippen molar-refractivity contribution in [1.82, 2.24) is 0 Å². The standard InChI is InChI=1S/C17H25F2NO3/c1-5-12(6-2)16(11(4)22-17(21)10(3)20)23-15-9-13(18)7-8-14(15)19/h7-12,16H,5-6,20H2,1-4H3/t10-,11-,16+/m0/s1. The molecule has 0 aliphatic rings. The summed E-state index contributed by atoms with van der Waals surface area (Å²) in [5, 5.41) is 0. The third kappa shape index (κ3) is 5.46. The number of carbonyl (C=O) groups is 1. The average molecular weight is 329 g/mol. The topological polar surface area (TPSA) is 61.5 Å². The molecule has 0 amide bonds. The number of esters is 1. The van der Waals surface area contributed by atoms with Gasteiger partial charge in [-0.25, -0.2) is 8.78 Å². The second kappa shape index (κ2) is 8.82. The number of rotatable bonds is 8. The summed E-state index contributed by atoms with van der Waals surface area (Å²) in [5.41, 5.74) is 5.50. The molecular weight excluding hydrogens is 304 g/mol. The normalized spacial score (nSPS) is 15.1. The van der Waals surface area contributed by atoms with Crippen LogP contribution in [0, 0.1) is 17.6 Å². The Labute approximate surface area is 136 Å². The van der Waals surface area contributed by atoms with Crippen LogP contribution < -0.4 is 10.5 Å². The predicted molar refractivity (Wildman–Crippen MR) is 84.0 cm³/mol. The van der Waals surface area contributed by atoms with Gasteiger partial charge in [0.25, 0.3) is 0 Å². The molecule has 3 atom stereocenters. The maximum atomic E-state index is 13.8. The summed E-state index contributed by atoms with van der Waals surface area (Å²) in [4.78, 5) is 11.7. The van der Waals surface area contributed by atoms with Crippen LogP contribution >= 0.6 is 0 Å². The second-order valence-corrected chi connectivity index (χ2v) is 5.66. The molecule has 23 heavy (non-hydrogen) atoms. The van der Waals surface area contributed by atoms with Crippen molar-refractivity contribution in [2.75, 3.05) is 0 Å². The highest BCUT2D eigenvalue weighted by molar-refractivity contribution is 5.75. The van der Waals surface area contributed by atoms with E-state index in [9.17, 15) is 13.6 Å². The van der Waals surface area contributed by atoms with Crippen LogP contribution in [0.25, 0.3) is 0 Å². The van der Waals surface area contributed by atoms with E-state index in [0.717, 1.165) is 31.0 Å². The molecule has 0 saturated carbocycles. The number of hydrogen-bond acceptors (Lipinski definition) is 4. The van der Waals surface area contributed by atoms with E-state index in [4.69, 9.17) is 15.2 Å². The van der Waals surface area contributed by atoms with Gasteiger partial charge in [0.15, 0.2) is 11.6 Å². The molecule has 2 N–H and O–H groups in total.